The van der Waals surface area contributed by atoms with Crippen molar-refractivity contribution in [2.24, 2.45) is 5.92 Å². The molecule has 1 fully saturated rings. The predicted molar refractivity (Wildman–Crippen MR) is 58.7 cm³/mol. The number of carbonyl (C=O) groups excluding carboxylic acids is 1. The van der Waals surface area contributed by atoms with E-state index in [0.717, 1.165) is 12.8 Å². The van der Waals surface area contributed by atoms with E-state index in [1.54, 1.807) is 11.9 Å². The van der Waals surface area contributed by atoms with Gasteiger partial charge in [0.1, 0.15) is 11.4 Å². The average Bonchev–Trinajstić information content (AvgIpc) is 2.61. The molecule has 0 spiro atoms. The third-order valence-corrected chi connectivity index (χ3v) is 2.99. The summed E-state index contributed by atoms with van der Waals surface area (Å²) in [5.41, 5.74) is 5.98. The highest BCUT2D eigenvalue weighted by Crippen LogP contribution is 2.28. The first kappa shape index (κ1) is 10.9. The fourth-order valence-corrected chi connectivity index (χ4v) is 1.99. The maximum absolute atomic E-state index is 11.9. The average molecular weight is 224 g/mol. The zero-order valence-corrected chi connectivity index (χ0v) is 9.18. The molecule has 4 N–H and O–H groups in total. The smallest absolute Gasteiger partial charge is 0.258 e. The van der Waals surface area contributed by atoms with Crippen molar-refractivity contribution in [3.63, 3.8) is 0 Å². The number of aromatic nitrogens is 2. The summed E-state index contributed by atoms with van der Waals surface area (Å²) >= 11 is 0. The Morgan fingerprint density at radius 3 is 2.94 bits per heavy atom. The van der Waals surface area contributed by atoms with Gasteiger partial charge in [0.2, 0.25) is 0 Å². The highest BCUT2D eigenvalue weighted by Gasteiger charge is 2.29. The van der Waals surface area contributed by atoms with Crippen LogP contribution in [0.15, 0.2) is 6.20 Å². The van der Waals surface area contributed by atoms with Crippen LogP contribution in [0, 0.1) is 5.92 Å². The van der Waals surface area contributed by atoms with E-state index < -0.39 is 0 Å². The largest absolute Gasteiger partial charge is 0.393 e. The predicted octanol–water partition coefficient (Wildman–Crippen LogP) is -0.165. The number of aromatic amines is 1. The Bertz CT molecular complexity index is 384. The second-order valence-electron chi connectivity index (χ2n) is 4.37. The van der Waals surface area contributed by atoms with Gasteiger partial charge in [-0.3, -0.25) is 9.89 Å². The summed E-state index contributed by atoms with van der Waals surface area (Å²) < 4.78 is 0. The number of hydrogen-bond acceptors (Lipinski definition) is 4. The molecule has 6 nitrogen and oxygen atoms in total. The van der Waals surface area contributed by atoms with Crippen molar-refractivity contribution in [3.05, 3.63) is 11.8 Å². The molecule has 1 saturated carbocycles. The number of amides is 1. The molecular formula is C10H16N4O2. The Morgan fingerprint density at radius 2 is 2.44 bits per heavy atom. The maximum atomic E-state index is 11.9. The lowest BCUT2D eigenvalue weighted by atomic mass is 9.82. The fraction of sp³-hybridized carbons (Fsp3) is 0.600. The first-order valence-electron chi connectivity index (χ1n) is 5.30. The summed E-state index contributed by atoms with van der Waals surface area (Å²) in [6.45, 7) is 0.653. The first-order valence-corrected chi connectivity index (χ1v) is 5.30. The highest BCUT2D eigenvalue weighted by molar-refractivity contribution is 5.97. The molecule has 1 aliphatic rings. The number of rotatable bonds is 3. The molecule has 88 valence electrons. The summed E-state index contributed by atoms with van der Waals surface area (Å²) in [5, 5.41) is 15.4. The summed E-state index contributed by atoms with van der Waals surface area (Å²) in [6, 6.07) is 0. The number of nitrogens with zero attached hydrogens (tertiary/aromatic N) is 2. The highest BCUT2D eigenvalue weighted by atomic mass is 16.3. The Labute approximate surface area is 93.4 Å². The maximum Gasteiger partial charge on any atom is 0.258 e. The number of hydrogen-bond donors (Lipinski definition) is 3. The number of nitrogen functional groups attached to an aromatic ring is 1. The van der Waals surface area contributed by atoms with Crippen LogP contribution in [0.4, 0.5) is 5.82 Å². The van der Waals surface area contributed by atoms with Gasteiger partial charge in [0.05, 0.1) is 12.3 Å². The number of anilines is 1. The van der Waals surface area contributed by atoms with E-state index in [2.05, 4.69) is 10.2 Å². The minimum Gasteiger partial charge on any atom is -0.393 e. The van der Waals surface area contributed by atoms with Gasteiger partial charge in [-0.15, -0.1) is 0 Å². The van der Waals surface area contributed by atoms with Crippen molar-refractivity contribution < 1.29 is 9.90 Å². The van der Waals surface area contributed by atoms with Gasteiger partial charge in [-0.05, 0) is 18.8 Å². The Morgan fingerprint density at radius 1 is 1.75 bits per heavy atom. The lowest BCUT2D eigenvalue weighted by molar-refractivity contribution is 0.0265. The molecule has 0 unspecified atom stereocenters. The normalized spacial score (nSPS) is 23.9. The molecule has 0 radical (unpaired) electrons. The van der Waals surface area contributed by atoms with Crippen LogP contribution in [-0.2, 0) is 0 Å². The number of nitrogens with one attached hydrogen (secondary N) is 1. The summed E-state index contributed by atoms with van der Waals surface area (Å²) in [4.78, 5) is 13.5. The van der Waals surface area contributed by atoms with E-state index in [1.165, 1.54) is 6.20 Å². The number of H-pyrrole nitrogens is 1. The molecule has 1 amide bonds. The van der Waals surface area contributed by atoms with Gasteiger partial charge >= 0.3 is 0 Å². The van der Waals surface area contributed by atoms with Crippen LogP contribution >= 0.6 is 0 Å². The van der Waals surface area contributed by atoms with Crippen LogP contribution in [0.5, 0.6) is 0 Å². The molecule has 0 aliphatic heterocycles. The van der Waals surface area contributed by atoms with Crippen LogP contribution in [0.2, 0.25) is 0 Å². The Kier molecular flexibility index (Phi) is 2.82. The van der Waals surface area contributed by atoms with Crippen molar-refractivity contribution in [3.8, 4) is 0 Å². The molecule has 1 aromatic rings. The standard InChI is InChI=1S/C10H16N4O2/c1-14(5-6-2-7(15)3-6)10(16)8-4-12-13-9(8)11/h4,6-7,15H,2-3,5H2,1H3,(H3,11,12,13). The first-order chi connectivity index (χ1) is 7.58. The summed E-state index contributed by atoms with van der Waals surface area (Å²) in [5.74, 6) is 0.565. The van der Waals surface area contributed by atoms with Gasteiger partial charge in [-0.25, -0.2) is 0 Å². The van der Waals surface area contributed by atoms with Crippen LogP contribution in [-0.4, -0.2) is 45.8 Å². The SMILES string of the molecule is CN(CC1CC(O)C1)C(=O)c1cn[nH]c1N. The molecule has 0 aromatic carbocycles. The monoisotopic (exact) mass is 224 g/mol. The molecule has 0 saturated heterocycles. The minimum atomic E-state index is -0.188. The third kappa shape index (κ3) is 2.01. The van der Waals surface area contributed by atoms with Crippen LogP contribution < -0.4 is 5.73 Å². The topological polar surface area (TPSA) is 95.2 Å². The van der Waals surface area contributed by atoms with E-state index >= 15 is 0 Å². The van der Waals surface area contributed by atoms with E-state index in [9.17, 15) is 4.79 Å². The zero-order chi connectivity index (χ0) is 11.7. The molecule has 0 atom stereocenters. The molecule has 1 aromatic heterocycles. The van der Waals surface area contributed by atoms with Crippen molar-refractivity contribution >= 4 is 11.7 Å². The van der Waals surface area contributed by atoms with Gasteiger partial charge in [-0.1, -0.05) is 0 Å². The second-order valence-corrected chi connectivity index (χ2v) is 4.37. The number of carbonyl (C=O) groups is 1. The van der Waals surface area contributed by atoms with Crippen molar-refractivity contribution in [1.82, 2.24) is 15.1 Å². The lowest BCUT2D eigenvalue weighted by Crippen LogP contribution is -2.39. The molecular weight excluding hydrogens is 208 g/mol. The van der Waals surface area contributed by atoms with Gasteiger partial charge in [0, 0.05) is 13.6 Å². The third-order valence-electron chi connectivity index (χ3n) is 2.99. The van der Waals surface area contributed by atoms with Crippen molar-refractivity contribution in [1.29, 1.82) is 0 Å². The lowest BCUT2D eigenvalue weighted by Gasteiger charge is -2.34. The summed E-state index contributed by atoms with van der Waals surface area (Å²) in [6.07, 6.45) is 2.80. The van der Waals surface area contributed by atoms with Gasteiger partial charge in [0.25, 0.3) is 5.91 Å². The molecule has 16 heavy (non-hydrogen) atoms. The Hall–Kier alpha value is -1.56. The fourth-order valence-electron chi connectivity index (χ4n) is 1.99. The van der Waals surface area contributed by atoms with E-state index in [4.69, 9.17) is 10.8 Å². The van der Waals surface area contributed by atoms with E-state index in [0.29, 0.717) is 23.8 Å². The molecule has 6 heteroatoms. The van der Waals surface area contributed by atoms with Crippen LogP contribution in [0.1, 0.15) is 23.2 Å². The molecule has 1 heterocycles. The number of aliphatic hydroxyl groups is 1. The number of nitrogens with two attached hydrogens (primary N) is 1. The van der Waals surface area contributed by atoms with Gasteiger partial charge in [0.15, 0.2) is 0 Å². The number of aliphatic hydroxyl groups excluding tert-OH is 1. The van der Waals surface area contributed by atoms with Crippen molar-refractivity contribution in [2.75, 3.05) is 19.3 Å². The van der Waals surface area contributed by atoms with Crippen molar-refractivity contribution in [2.45, 2.75) is 18.9 Å². The van der Waals surface area contributed by atoms with Crippen LogP contribution in [0.3, 0.4) is 0 Å². The molecule has 1 aliphatic carbocycles. The summed E-state index contributed by atoms with van der Waals surface area (Å²) in [7, 11) is 1.74. The molecule has 2 rings (SSSR count). The van der Waals surface area contributed by atoms with Gasteiger partial charge < -0.3 is 15.7 Å². The van der Waals surface area contributed by atoms with Gasteiger partial charge in [-0.2, -0.15) is 5.10 Å². The van der Waals surface area contributed by atoms with Crippen LogP contribution in [0.25, 0.3) is 0 Å². The Balaban J connectivity index is 1.92. The van der Waals surface area contributed by atoms with E-state index in [1.807, 2.05) is 0 Å². The molecule has 0 bridgehead atoms. The zero-order valence-electron chi connectivity index (χ0n) is 9.18. The second kappa shape index (κ2) is 4.13. The quantitative estimate of drug-likeness (QED) is 0.664. The van der Waals surface area contributed by atoms with E-state index in [-0.39, 0.29) is 12.0 Å². The minimum absolute atomic E-state index is 0.132.